The Morgan fingerprint density at radius 3 is 2.90 bits per heavy atom. The number of Topliss-reactive ketones (excluding diaryl/α,β-unsaturated/α-hetero) is 1. The molecule has 3 aromatic rings. The van der Waals surface area contributed by atoms with Crippen molar-refractivity contribution in [2.45, 2.75) is 18.9 Å². The average Bonchev–Trinajstić information content (AvgIpc) is 3.01. The number of thiophene rings is 1. The maximum Gasteiger partial charge on any atom is 0.189 e. The number of aryl methyl sites for hydroxylation is 3. The number of aromatic nitrogens is 3. The number of nitrogens with zero attached hydrogens (tertiary/aromatic N) is 3. The summed E-state index contributed by atoms with van der Waals surface area (Å²) >= 11 is 3.16. The molecule has 0 amide bonds. The van der Waals surface area contributed by atoms with Crippen LogP contribution in [0.2, 0.25) is 0 Å². The lowest BCUT2D eigenvalue weighted by Crippen LogP contribution is -2.07. The van der Waals surface area contributed by atoms with E-state index in [1.165, 1.54) is 22.2 Å². The quantitative estimate of drug-likeness (QED) is 0.419. The van der Waals surface area contributed by atoms with Gasteiger partial charge in [-0.05, 0) is 31.5 Å². The average molecular weight is 317 g/mol. The molecule has 0 spiro atoms. The molecule has 0 aliphatic rings. The Bertz CT molecular complexity index is 820. The number of hydrogen-bond donors (Lipinski definition) is 0. The van der Waals surface area contributed by atoms with E-state index in [4.69, 9.17) is 0 Å². The van der Waals surface area contributed by atoms with E-state index in [2.05, 4.69) is 23.8 Å². The normalized spacial score (nSPS) is 11.2. The molecule has 0 aliphatic carbocycles. The molecule has 0 bridgehead atoms. The Kier molecular flexibility index (Phi) is 3.82. The lowest BCUT2D eigenvalue weighted by Gasteiger charge is -2.04. The summed E-state index contributed by atoms with van der Waals surface area (Å²) in [5.41, 5.74) is 1.94. The van der Waals surface area contributed by atoms with E-state index in [0.717, 1.165) is 20.9 Å². The summed E-state index contributed by atoms with van der Waals surface area (Å²) in [7, 11) is 1.88. The minimum atomic E-state index is 0.115. The molecule has 0 radical (unpaired) electrons. The minimum absolute atomic E-state index is 0.115. The summed E-state index contributed by atoms with van der Waals surface area (Å²) in [6.07, 6.45) is 3.46. The molecular weight excluding hydrogens is 302 g/mol. The monoisotopic (exact) mass is 317 g/mol. The summed E-state index contributed by atoms with van der Waals surface area (Å²) in [5.74, 6) is 0.502. The van der Waals surface area contributed by atoms with Crippen molar-refractivity contribution in [3.8, 4) is 0 Å². The maximum absolute atomic E-state index is 12.2. The van der Waals surface area contributed by atoms with Gasteiger partial charge >= 0.3 is 0 Å². The van der Waals surface area contributed by atoms with Gasteiger partial charge in [0.05, 0.1) is 11.4 Å². The first-order chi connectivity index (χ1) is 10.1. The van der Waals surface area contributed by atoms with Crippen LogP contribution in [0.4, 0.5) is 0 Å². The van der Waals surface area contributed by atoms with Gasteiger partial charge in [0.25, 0.3) is 0 Å². The predicted octanol–water partition coefficient (Wildman–Crippen LogP) is 3.62. The standard InChI is InChI=1S/C15H15N3OS2/c1-9-10(2)21-15-13(9)14(16-8-17-15)20-7-12(19)11-5-4-6-18(11)3/h4-6,8H,7H2,1-3H3. The molecule has 0 aliphatic heterocycles. The van der Waals surface area contributed by atoms with Crippen LogP contribution in [0.15, 0.2) is 29.7 Å². The second-order valence-corrected chi connectivity index (χ2v) is 7.03. The molecule has 3 rings (SSSR count). The van der Waals surface area contributed by atoms with Crippen LogP contribution in [0.3, 0.4) is 0 Å². The van der Waals surface area contributed by atoms with Crippen molar-refractivity contribution in [3.63, 3.8) is 0 Å². The van der Waals surface area contributed by atoms with Gasteiger partial charge in [0.15, 0.2) is 5.78 Å². The van der Waals surface area contributed by atoms with Gasteiger partial charge in [0.1, 0.15) is 16.2 Å². The topological polar surface area (TPSA) is 47.8 Å². The largest absolute Gasteiger partial charge is 0.348 e. The van der Waals surface area contributed by atoms with Gasteiger partial charge in [-0.15, -0.1) is 11.3 Å². The van der Waals surface area contributed by atoms with E-state index >= 15 is 0 Å². The highest BCUT2D eigenvalue weighted by Gasteiger charge is 2.15. The fourth-order valence-corrected chi connectivity index (χ4v) is 4.21. The fraction of sp³-hybridized carbons (Fsp3) is 0.267. The van der Waals surface area contributed by atoms with Gasteiger partial charge in [-0.3, -0.25) is 4.79 Å². The van der Waals surface area contributed by atoms with Crippen molar-refractivity contribution in [1.82, 2.24) is 14.5 Å². The summed E-state index contributed by atoms with van der Waals surface area (Å²) < 4.78 is 1.85. The molecule has 0 fully saturated rings. The van der Waals surface area contributed by atoms with Gasteiger partial charge in [0, 0.05) is 23.5 Å². The van der Waals surface area contributed by atoms with Gasteiger partial charge in [-0.1, -0.05) is 11.8 Å². The smallest absolute Gasteiger partial charge is 0.189 e. The molecule has 3 aromatic heterocycles. The third-order valence-corrected chi connectivity index (χ3v) is 5.60. The number of fused-ring (bicyclic) bond motifs is 1. The second-order valence-electron chi connectivity index (χ2n) is 4.86. The first-order valence-corrected chi connectivity index (χ1v) is 8.36. The Balaban J connectivity index is 1.86. The molecule has 0 unspecified atom stereocenters. The lowest BCUT2D eigenvalue weighted by atomic mass is 10.2. The van der Waals surface area contributed by atoms with Gasteiger partial charge < -0.3 is 4.57 Å². The minimum Gasteiger partial charge on any atom is -0.348 e. The number of hydrogen-bond acceptors (Lipinski definition) is 5. The Labute approximate surface area is 131 Å². The Morgan fingerprint density at radius 1 is 1.38 bits per heavy atom. The lowest BCUT2D eigenvalue weighted by molar-refractivity contribution is 0.101. The van der Waals surface area contributed by atoms with Crippen molar-refractivity contribution in [2.24, 2.45) is 7.05 Å². The van der Waals surface area contributed by atoms with Crippen LogP contribution in [0.25, 0.3) is 10.2 Å². The number of carbonyl (C=O) groups excluding carboxylic acids is 1. The summed E-state index contributed by atoms with van der Waals surface area (Å²) in [4.78, 5) is 23.2. The zero-order chi connectivity index (χ0) is 15.0. The van der Waals surface area contributed by atoms with Crippen LogP contribution in [0, 0.1) is 13.8 Å². The number of carbonyl (C=O) groups is 1. The SMILES string of the molecule is Cc1sc2ncnc(SCC(=O)c3cccn3C)c2c1C. The van der Waals surface area contributed by atoms with Gasteiger partial charge in [-0.2, -0.15) is 0 Å². The zero-order valence-electron chi connectivity index (χ0n) is 12.1. The van der Waals surface area contributed by atoms with Gasteiger partial charge in [0.2, 0.25) is 0 Å². The summed E-state index contributed by atoms with van der Waals surface area (Å²) in [6, 6.07) is 3.73. The third-order valence-electron chi connectivity index (χ3n) is 3.50. The van der Waals surface area contributed by atoms with E-state index in [1.54, 1.807) is 17.7 Å². The number of ketones is 1. The fourth-order valence-electron chi connectivity index (χ4n) is 2.22. The summed E-state index contributed by atoms with van der Waals surface area (Å²) in [6.45, 7) is 4.17. The highest BCUT2D eigenvalue weighted by atomic mass is 32.2. The third kappa shape index (κ3) is 2.61. The molecule has 0 saturated heterocycles. The highest BCUT2D eigenvalue weighted by molar-refractivity contribution is 8.00. The molecular formula is C15H15N3OS2. The van der Waals surface area contributed by atoms with Crippen LogP contribution in [-0.2, 0) is 7.05 Å². The molecule has 0 saturated carbocycles. The molecule has 3 heterocycles. The first kappa shape index (κ1) is 14.3. The van der Waals surface area contributed by atoms with E-state index in [9.17, 15) is 4.79 Å². The first-order valence-electron chi connectivity index (χ1n) is 6.56. The molecule has 0 N–H and O–H groups in total. The molecule has 4 nitrogen and oxygen atoms in total. The second kappa shape index (κ2) is 5.61. The summed E-state index contributed by atoms with van der Waals surface area (Å²) in [5, 5.41) is 1.98. The molecule has 6 heteroatoms. The van der Waals surface area contributed by atoms with E-state index in [-0.39, 0.29) is 5.78 Å². The highest BCUT2D eigenvalue weighted by Crippen LogP contribution is 2.34. The zero-order valence-corrected chi connectivity index (χ0v) is 13.7. The van der Waals surface area contributed by atoms with Gasteiger partial charge in [-0.25, -0.2) is 9.97 Å². The van der Waals surface area contributed by atoms with Crippen molar-refractivity contribution in [3.05, 3.63) is 40.8 Å². The molecule has 108 valence electrons. The van der Waals surface area contributed by atoms with Crippen molar-refractivity contribution >= 4 is 39.1 Å². The van der Waals surface area contributed by atoms with Crippen LogP contribution < -0.4 is 0 Å². The van der Waals surface area contributed by atoms with Crippen LogP contribution in [0.1, 0.15) is 20.9 Å². The number of thioether (sulfide) groups is 1. The Morgan fingerprint density at radius 2 is 2.19 bits per heavy atom. The van der Waals surface area contributed by atoms with Crippen LogP contribution in [0.5, 0.6) is 0 Å². The molecule has 0 aromatic carbocycles. The van der Waals surface area contributed by atoms with Crippen molar-refractivity contribution in [2.75, 3.05) is 5.75 Å². The predicted molar refractivity (Wildman–Crippen MR) is 87.4 cm³/mol. The maximum atomic E-state index is 12.2. The molecule has 21 heavy (non-hydrogen) atoms. The Hall–Kier alpha value is -1.66. The van der Waals surface area contributed by atoms with Crippen molar-refractivity contribution in [1.29, 1.82) is 0 Å². The van der Waals surface area contributed by atoms with E-state index in [1.807, 2.05) is 29.9 Å². The van der Waals surface area contributed by atoms with E-state index < -0.39 is 0 Å². The van der Waals surface area contributed by atoms with E-state index in [0.29, 0.717) is 5.75 Å². The molecule has 0 atom stereocenters. The van der Waals surface area contributed by atoms with Crippen molar-refractivity contribution < 1.29 is 4.79 Å². The van der Waals surface area contributed by atoms with Crippen LogP contribution >= 0.6 is 23.1 Å². The van der Waals surface area contributed by atoms with Crippen LogP contribution in [-0.4, -0.2) is 26.1 Å². The number of rotatable bonds is 4.